The van der Waals surface area contributed by atoms with Crippen LogP contribution in [-0.4, -0.2) is 10.7 Å². The first-order valence-electron chi connectivity index (χ1n) is 8.72. The van der Waals surface area contributed by atoms with Crippen molar-refractivity contribution in [2.75, 3.05) is 0 Å². The van der Waals surface area contributed by atoms with Crippen molar-refractivity contribution in [3.63, 3.8) is 0 Å². The highest BCUT2D eigenvalue weighted by Crippen LogP contribution is 2.45. The van der Waals surface area contributed by atoms with Gasteiger partial charge in [0, 0.05) is 18.0 Å². The Morgan fingerprint density at radius 3 is 2.13 bits per heavy atom. The highest BCUT2D eigenvalue weighted by molar-refractivity contribution is 5.26. The topological polar surface area (TPSA) is 32.3 Å². The molecule has 0 radical (unpaired) electrons. The molecule has 0 aliphatic carbocycles. The highest BCUT2D eigenvalue weighted by Gasteiger charge is 2.45. The Morgan fingerprint density at radius 2 is 1.57 bits per heavy atom. The van der Waals surface area contributed by atoms with E-state index in [4.69, 9.17) is 0 Å². The molecule has 3 rings (SSSR count). The van der Waals surface area contributed by atoms with Gasteiger partial charge in [-0.25, -0.2) is 0 Å². The van der Waals surface area contributed by atoms with Gasteiger partial charge >= 0.3 is 0 Å². The lowest BCUT2D eigenvalue weighted by Crippen LogP contribution is -2.52. The van der Waals surface area contributed by atoms with E-state index in [1.54, 1.807) is 0 Å². The van der Waals surface area contributed by atoms with E-state index in [1.165, 1.54) is 11.1 Å². The third-order valence-corrected chi connectivity index (χ3v) is 5.33. The standard InChI is InChI=1S/C21H27NO/c1-3-14-21(23)15-19(17-10-6-4-7-11-17)22-20(16(21)2)18-12-8-5-9-13-18/h4-13,16,19-20,22-23H,3,14-15H2,1-2H3/t16-,19-,20-,21+/m1/s1. The van der Waals surface area contributed by atoms with Crippen LogP contribution in [0.25, 0.3) is 0 Å². The minimum Gasteiger partial charge on any atom is -0.389 e. The van der Waals surface area contributed by atoms with Crippen molar-refractivity contribution in [1.29, 1.82) is 0 Å². The third kappa shape index (κ3) is 3.34. The molecule has 1 fully saturated rings. The fourth-order valence-corrected chi connectivity index (χ4v) is 3.98. The molecule has 0 bridgehead atoms. The molecule has 0 aromatic heterocycles. The molecule has 0 spiro atoms. The molecule has 2 aromatic rings. The summed E-state index contributed by atoms with van der Waals surface area (Å²) in [6, 6.07) is 21.4. The van der Waals surface area contributed by atoms with E-state index in [0.717, 1.165) is 19.3 Å². The van der Waals surface area contributed by atoms with E-state index in [2.05, 4.69) is 67.7 Å². The van der Waals surface area contributed by atoms with Gasteiger partial charge in [0.05, 0.1) is 5.60 Å². The van der Waals surface area contributed by atoms with Crippen LogP contribution in [0, 0.1) is 5.92 Å². The second-order valence-electron chi connectivity index (χ2n) is 6.86. The Hall–Kier alpha value is -1.64. The number of rotatable bonds is 4. The lowest BCUT2D eigenvalue weighted by Gasteiger charge is -2.48. The van der Waals surface area contributed by atoms with Crippen LogP contribution in [0.2, 0.25) is 0 Å². The zero-order chi connectivity index (χ0) is 16.3. The number of hydrogen-bond donors (Lipinski definition) is 2. The van der Waals surface area contributed by atoms with Gasteiger partial charge in [-0.1, -0.05) is 80.9 Å². The maximum absolute atomic E-state index is 11.4. The zero-order valence-electron chi connectivity index (χ0n) is 14.1. The lowest BCUT2D eigenvalue weighted by molar-refractivity contribution is -0.0743. The molecular formula is C21H27NO. The lowest BCUT2D eigenvalue weighted by atomic mass is 9.70. The SMILES string of the molecule is CCC[C@]1(O)C[C@H](c2ccccc2)N[C@@H](c2ccccc2)[C@H]1C. The number of benzene rings is 2. The van der Waals surface area contributed by atoms with Crippen LogP contribution in [0.5, 0.6) is 0 Å². The fourth-order valence-electron chi connectivity index (χ4n) is 3.98. The summed E-state index contributed by atoms with van der Waals surface area (Å²) in [4.78, 5) is 0. The van der Waals surface area contributed by atoms with Crippen LogP contribution in [-0.2, 0) is 0 Å². The normalized spacial score (nSPS) is 31.0. The summed E-state index contributed by atoms with van der Waals surface area (Å²) in [6.45, 7) is 4.34. The Morgan fingerprint density at radius 1 is 1.00 bits per heavy atom. The molecular weight excluding hydrogens is 282 g/mol. The molecule has 0 saturated carbocycles. The van der Waals surface area contributed by atoms with Crippen molar-refractivity contribution in [3.05, 3.63) is 71.8 Å². The molecule has 2 aromatic carbocycles. The third-order valence-electron chi connectivity index (χ3n) is 5.33. The molecule has 1 saturated heterocycles. The summed E-state index contributed by atoms with van der Waals surface area (Å²) in [7, 11) is 0. The maximum atomic E-state index is 11.4. The van der Waals surface area contributed by atoms with Crippen LogP contribution in [0.15, 0.2) is 60.7 Å². The molecule has 0 unspecified atom stereocenters. The zero-order valence-corrected chi connectivity index (χ0v) is 14.1. The Kier molecular flexibility index (Phi) is 4.84. The minimum absolute atomic E-state index is 0.173. The largest absolute Gasteiger partial charge is 0.389 e. The number of aliphatic hydroxyl groups is 1. The van der Waals surface area contributed by atoms with Crippen LogP contribution in [0.4, 0.5) is 0 Å². The van der Waals surface area contributed by atoms with Crippen LogP contribution < -0.4 is 5.32 Å². The molecule has 1 aliphatic heterocycles. The Labute approximate surface area is 139 Å². The predicted molar refractivity (Wildman–Crippen MR) is 95.1 cm³/mol. The van der Waals surface area contributed by atoms with Crippen LogP contribution in [0.1, 0.15) is 56.3 Å². The second kappa shape index (κ2) is 6.86. The van der Waals surface area contributed by atoms with Crippen molar-refractivity contribution in [1.82, 2.24) is 5.32 Å². The molecule has 2 nitrogen and oxygen atoms in total. The smallest absolute Gasteiger partial charge is 0.0709 e. The van der Waals surface area contributed by atoms with E-state index in [-0.39, 0.29) is 18.0 Å². The van der Waals surface area contributed by atoms with Gasteiger partial charge in [-0.05, 0) is 24.0 Å². The van der Waals surface area contributed by atoms with E-state index < -0.39 is 5.60 Å². The molecule has 2 N–H and O–H groups in total. The van der Waals surface area contributed by atoms with Gasteiger partial charge in [-0.3, -0.25) is 0 Å². The summed E-state index contributed by atoms with van der Waals surface area (Å²) < 4.78 is 0. The van der Waals surface area contributed by atoms with E-state index in [0.29, 0.717) is 0 Å². The number of piperidine rings is 1. The molecule has 0 amide bonds. The second-order valence-corrected chi connectivity index (χ2v) is 6.86. The van der Waals surface area contributed by atoms with Crippen LogP contribution >= 0.6 is 0 Å². The molecule has 1 aliphatic rings. The first kappa shape index (κ1) is 16.2. The average Bonchev–Trinajstić information content (AvgIpc) is 2.59. The molecule has 4 atom stereocenters. The van der Waals surface area contributed by atoms with Gasteiger partial charge in [0.1, 0.15) is 0 Å². The van der Waals surface area contributed by atoms with Crippen molar-refractivity contribution in [3.8, 4) is 0 Å². The van der Waals surface area contributed by atoms with E-state index in [9.17, 15) is 5.11 Å². The van der Waals surface area contributed by atoms with Crippen molar-refractivity contribution in [2.45, 2.75) is 50.8 Å². The van der Waals surface area contributed by atoms with Gasteiger partial charge in [0.2, 0.25) is 0 Å². The van der Waals surface area contributed by atoms with Gasteiger partial charge in [-0.15, -0.1) is 0 Å². The summed E-state index contributed by atoms with van der Waals surface area (Å²) in [6.07, 6.45) is 2.63. The summed E-state index contributed by atoms with van der Waals surface area (Å²) >= 11 is 0. The Bertz CT molecular complexity index is 612. The van der Waals surface area contributed by atoms with Gasteiger partial charge in [0.25, 0.3) is 0 Å². The quantitative estimate of drug-likeness (QED) is 0.863. The van der Waals surface area contributed by atoms with Crippen LogP contribution in [0.3, 0.4) is 0 Å². The monoisotopic (exact) mass is 309 g/mol. The molecule has 1 heterocycles. The summed E-state index contributed by atoms with van der Waals surface area (Å²) in [5, 5.41) is 15.2. The first-order valence-corrected chi connectivity index (χ1v) is 8.72. The van der Waals surface area contributed by atoms with Gasteiger partial charge in [0.15, 0.2) is 0 Å². The highest BCUT2D eigenvalue weighted by atomic mass is 16.3. The van der Waals surface area contributed by atoms with E-state index in [1.807, 2.05) is 12.1 Å². The number of hydrogen-bond acceptors (Lipinski definition) is 2. The maximum Gasteiger partial charge on any atom is 0.0709 e. The molecule has 23 heavy (non-hydrogen) atoms. The van der Waals surface area contributed by atoms with Crippen molar-refractivity contribution in [2.24, 2.45) is 5.92 Å². The summed E-state index contributed by atoms with van der Waals surface area (Å²) in [5.41, 5.74) is 1.89. The van der Waals surface area contributed by atoms with Crippen molar-refractivity contribution < 1.29 is 5.11 Å². The molecule has 122 valence electrons. The predicted octanol–water partition coefficient (Wildman–Crippen LogP) is 4.63. The van der Waals surface area contributed by atoms with Crippen molar-refractivity contribution >= 4 is 0 Å². The first-order chi connectivity index (χ1) is 11.1. The summed E-state index contributed by atoms with van der Waals surface area (Å²) in [5.74, 6) is 0.185. The average molecular weight is 309 g/mol. The van der Waals surface area contributed by atoms with Gasteiger partial charge < -0.3 is 10.4 Å². The molecule has 2 heteroatoms. The van der Waals surface area contributed by atoms with Gasteiger partial charge in [-0.2, -0.15) is 0 Å². The fraction of sp³-hybridized carbons (Fsp3) is 0.429. The Balaban J connectivity index is 1.95. The minimum atomic E-state index is -0.624. The van der Waals surface area contributed by atoms with E-state index >= 15 is 0 Å². The number of nitrogens with one attached hydrogen (secondary N) is 1.